The molecule has 3 N–H and O–H groups in total. The zero-order chi connectivity index (χ0) is 18.0. The van der Waals surface area contributed by atoms with Crippen molar-refractivity contribution in [3.05, 3.63) is 35.4 Å². The minimum absolute atomic E-state index is 0.188. The first-order valence-corrected chi connectivity index (χ1v) is 7.78. The highest BCUT2D eigenvalue weighted by molar-refractivity contribution is 5.94. The summed E-state index contributed by atoms with van der Waals surface area (Å²) in [6, 6.07) is 4.12. The summed E-state index contributed by atoms with van der Waals surface area (Å²) in [6.07, 6.45) is -2.29. The highest BCUT2D eigenvalue weighted by atomic mass is 19.4. The molecule has 8 heteroatoms. The van der Waals surface area contributed by atoms with Crippen LogP contribution in [-0.2, 0) is 6.18 Å². The van der Waals surface area contributed by atoms with Crippen LogP contribution in [0.3, 0.4) is 0 Å². The Hall–Kier alpha value is -2.25. The van der Waals surface area contributed by atoms with Gasteiger partial charge in [-0.25, -0.2) is 0 Å². The Bertz CT molecular complexity index is 541. The van der Waals surface area contributed by atoms with Gasteiger partial charge < -0.3 is 16.0 Å². The van der Waals surface area contributed by atoms with Gasteiger partial charge in [0.2, 0.25) is 0 Å². The lowest BCUT2D eigenvalue weighted by Gasteiger charge is -2.12. The summed E-state index contributed by atoms with van der Waals surface area (Å²) in [5.74, 6) is 0.228. The monoisotopic (exact) mass is 344 g/mol. The number of nitrogens with zero attached hydrogens (tertiary/aromatic N) is 1. The summed E-state index contributed by atoms with van der Waals surface area (Å²) in [4.78, 5) is 15.9. The SMILES string of the molecule is CCCCNC(=NC)NCCNC(=O)c1ccc(C(F)(F)F)cc1. The van der Waals surface area contributed by atoms with Crippen molar-refractivity contribution in [2.45, 2.75) is 25.9 Å². The highest BCUT2D eigenvalue weighted by Crippen LogP contribution is 2.28. The third-order valence-electron chi connectivity index (χ3n) is 3.22. The average molecular weight is 344 g/mol. The Morgan fingerprint density at radius 2 is 1.62 bits per heavy atom. The van der Waals surface area contributed by atoms with Crippen LogP contribution in [0.4, 0.5) is 13.2 Å². The number of alkyl halides is 3. The van der Waals surface area contributed by atoms with Gasteiger partial charge in [-0.15, -0.1) is 0 Å². The molecule has 1 amide bonds. The maximum atomic E-state index is 12.5. The Morgan fingerprint density at radius 3 is 2.17 bits per heavy atom. The van der Waals surface area contributed by atoms with Crippen LogP contribution in [0.2, 0.25) is 0 Å². The van der Waals surface area contributed by atoms with E-state index in [9.17, 15) is 18.0 Å². The van der Waals surface area contributed by atoms with E-state index in [1.165, 1.54) is 0 Å². The second kappa shape index (κ2) is 9.79. The topological polar surface area (TPSA) is 65.5 Å². The second-order valence-electron chi connectivity index (χ2n) is 5.11. The predicted octanol–water partition coefficient (Wildman–Crippen LogP) is 2.40. The van der Waals surface area contributed by atoms with Crippen molar-refractivity contribution in [2.75, 3.05) is 26.7 Å². The summed E-state index contributed by atoms with van der Waals surface area (Å²) < 4.78 is 37.4. The van der Waals surface area contributed by atoms with E-state index in [-0.39, 0.29) is 5.56 Å². The van der Waals surface area contributed by atoms with Crippen molar-refractivity contribution in [2.24, 2.45) is 4.99 Å². The number of amides is 1. The number of halogens is 3. The molecule has 5 nitrogen and oxygen atoms in total. The molecule has 0 fully saturated rings. The lowest BCUT2D eigenvalue weighted by molar-refractivity contribution is -0.137. The lowest BCUT2D eigenvalue weighted by Crippen LogP contribution is -2.41. The molecule has 134 valence electrons. The zero-order valence-electron chi connectivity index (χ0n) is 13.8. The van der Waals surface area contributed by atoms with E-state index in [4.69, 9.17) is 0 Å². The molecule has 0 saturated carbocycles. The standard InChI is InChI=1S/C16H23F3N4O/c1-3-4-9-22-15(20-2)23-11-10-21-14(24)12-5-7-13(8-6-12)16(17,18)19/h5-8H,3-4,9-11H2,1-2H3,(H,21,24)(H2,20,22,23). The molecule has 24 heavy (non-hydrogen) atoms. The molecule has 0 aliphatic heterocycles. The van der Waals surface area contributed by atoms with E-state index in [0.717, 1.165) is 43.7 Å². The van der Waals surface area contributed by atoms with Crippen molar-refractivity contribution >= 4 is 11.9 Å². The van der Waals surface area contributed by atoms with Gasteiger partial charge in [0.1, 0.15) is 0 Å². The van der Waals surface area contributed by atoms with Gasteiger partial charge in [-0.1, -0.05) is 13.3 Å². The molecular formula is C16H23F3N4O. The molecule has 1 aromatic rings. The molecule has 0 saturated heterocycles. The number of rotatable bonds is 7. The first-order valence-electron chi connectivity index (χ1n) is 7.78. The number of aliphatic imine (C=N–C) groups is 1. The van der Waals surface area contributed by atoms with Crippen LogP contribution in [0.1, 0.15) is 35.7 Å². The molecule has 0 aromatic heterocycles. The van der Waals surface area contributed by atoms with E-state index in [1.807, 2.05) is 0 Å². The molecule has 0 aliphatic carbocycles. The van der Waals surface area contributed by atoms with Crippen LogP contribution in [-0.4, -0.2) is 38.5 Å². The summed E-state index contributed by atoms with van der Waals surface area (Å²) in [7, 11) is 1.65. The quantitative estimate of drug-likeness (QED) is 0.404. The summed E-state index contributed by atoms with van der Waals surface area (Å²) in [6.45, 7) is 3.69. The fourth-order valence-corrected chi connectivity index (χ4v) is 1.87. The van der Waals surface area contributed by atoms with E-state index in [0.29, 0.717) is 19.0 Å². The van der Waals surface area contributed by atoms with Gasteiger partial charge >= 0.3 is 6.18 Å². The summed E-state index contributed by atoms with van der Waals surface area (Å²) in [5.41, 5.74) is -0.587. The van der Waals surface area contributed by atoms with Crippen molar-refractivity contribution in [1.82, 2.24) is 16.0 Å². The number of unbranched alkanes of at least 4 members (excludes halogenated alkanes) is 1. The van der Waals surface area contributed by atoms with Crippen molar-refractivity contribution < 1.29 is 18.0 Å². The maximum Gasteiger partial charge on any atom is 0.416 e. The molecule has 1 aromatic carbocycles. The first-order chi connectivity index (χ1) is 11.4. The predicted molar refractivity (Wildman–Crippen MR) is 88.0 cm³/mol. The Balaban J connectivity index is 2.36. The molecule has 0 bridgehead atoms. The second-order valence-corrected chi connectivity index (χ2v) is 5.11. The van der Waals surface area contributed by atoms with Crippen molar-refractivity contribution in [1.29, 1.82) is 0 Å². The van der Waals surface area contributed by atoms with Gasteiger partial charge in [0.25, 0.3) is 5.91 Å². The van der Waals surface area contributed by atoms with E-state index >= 15 is 0 Å². The van der Waals surface area contributed by atoms with Crippen LogP contribution in [0.15, 0.2) is 29.3 Å². The molecule has 0 spiro atoms. The third-order valence-corrected chi connectivity index (χ3v) is 3.22. The van der Waals surface area contributed by atoms with E-state index in [2.05, 4.69) is 27.9 Å². The smallest absolute Gasteiger partial charge is 0.356 e. The van der Waals surface area contributed by atoms with Crippen LogP contribution in [0.5, 0.6) is 0 Å². The molecule has 0 heterocycles. The minimum Gasteiger partial charge on any atom is -0.356 e. The number of guanidine groups is 1. The van der Waals surface area contributed by atoms with Gasteiger partial charge in [-0.3, -0.25) is 9.79 Å². The molecule has 0 aliphatic rings. The van der Waals surface area contributed by atoms with Crippen LogP contribution >= 0.6 is 0 Å². The number of nitrogens with one attached hydrogen (secondary N) is 3. The lowest BCUT2D eigenvalue weighted by atomic mass is 10.1. The summed E-state index contributed by atoms with van der Waals surface area (Å²) in [5, 5.41) is 8.81. The molecule has 1 rings (SSSR count). The van der Waals surface area contributed by atoms with Gasteiger partial charge in [0.05, 0.1) is 5.56 Å². The zero-order valence-corrected chi connectivity index (χ0v) is 13.8. The Morgan fingerprint density at radius 1 is 1.04 bits per heavy atom. The largest absolute Gasteiger partial charge is 0.416 e. The fraction of sp³-hybridized carbons (Fsp3) is 0.500. The first kappa shape index (κ1) is 19.8. The average Bonchev–Trinajstić information content (AvgIpc) is 2.56. The number of hydrogen-bond acceptors (Lipinski definition) is 2. The molecule has 0 unspecified atom stereocenters. The normalized spacial score (nSPS) is 12.0. The Labute approximate surface area is 139 Å². The number of carbonyl (C=O) groups excluding carboxylic acids is 1. The highest BCUT2D eigenvalue weighted by Gasteiger charge is 2.30. The van der Waals surface area contributed by atoms with Gasteiger partial charge in [0.15, 0.2) is 5.96 Å². The molecule has 0 radical (unpaired) electrons. The number of hydrogen-bond donors (Lipinski definition) is 3. The molecule has 0 atom stereocenters. The number of carbonyl (C=O) groups is 1. The van der Waals surface area contributed by atoms with Gasteiger partial charge in [0, 0.05) is 32.2 Å². The van der Waals surface area contributed by atoms with Crippen LogP contribution in [0, 0.1) is 0 Å². The molecular weight excluding hydrogens is 321 g/mol. The van der Waals surface area contributed by atoms with E-state index in [1.54, 1.807) is 7.05 Å². The third kappa shape index (κ3) is 6.89. The van der Waals surface area contributed by atoms with Crippen LogP contribution < -0.4 is 16.0 Å². The fourth-order valence-electron chi connectivity index (χ4n) is 1.87. The Kier molecular flexibility index (Phi) is 8.08. The van der Waals surface area contributed by atoms with Gasteiger partial charge in [-0.05, 0) is 30.7 Å². The summed E-state index contributed by atoms with van der Waals surface area (Å²) >= 11 is 0. The van der Waals surface area contributed by atoms with Crippen molar-refractivity contribution in [3.63, 3.8) is 0 Å². The minimum atomic E-state index is -4.40. The number of benzene rings is 1. The van der Waals surface area contributed by atoms with Gasteiger partial charge in [-0.2, -0.15) is 13.2 Å². The van der Waals surface area contributed by atoms with E-state index < -0.39 is 17.6 Å². The van der Waals surface area contributed by atoms with Crippen LogP contribution in [0.25, 0.3) is 0 Å². The van der Waals surface area contributed by atoms with Crippen molar-refractivity contribution in [3.8, 4) is 0 Å². The maximum absolute atomic E-state index is 12.5.